The largest absolute Gasteiger partial charge is 0.483 e. The molecule has 0 aliphatic heterocycles. The van der Waals surface area contributed by atoms with E-state index in [2.05, 4.69) is 15.5 Å². The summed E-state index contributed by atoms with van der Waals surface area (Å²) in [6.07, 6.45) is 1.76. The third-order valence-corrected chi connectivity index (χ3v) is 5.86. The normalized spacial score (nSPS) is 11.8. The quantitative estimate of drug-likeness (QED) is 0.489. The molecule has 29 heavy (non-hydrogen) atoms. The lowest BCUT2D eigenvalue weighted by molar-refractivity contribution is -0.113. The molecule has 0 bridgehead atoms. The zero-order chi connectivity index (χ0) is 20.6. The Labute approximate surface area is 179 Å². The van der Waals surface area contributed by atoms with Crippen LogP contribution in [0.5, 0.6) is 5.75 Å². The summed E-state index contributed by atoms with van der Waals surface area (Å²) in [5.74, 6) is 1.71. The van der Waals surface area contributed by atoms with E-state index in [1.54, 1.807) is 11.8 Å². The van der Waals surface area contributed by atoms with Gasteiger partial charge in [0.1, 0.15) is 5.75 Å². The van der Waals surface area contributed by atoms with Crippen LogP contribution in [0, 0.1) is 0 Å². The molecule has 0 saturated heterocycles. The van der Waals surface area contributed by atoms with Gasteiger partial charge in [0.15, 0.2) is 17.1 Å². The van der Waals surface area contributed by atoms with Gasteiger partial charge in [0.2, 0.25) is 5.91 Å². The van der Waals surface area contributed by atoms with Crippen LogP contribution in [0.4, 0.5) is 5.69 Å². The number of rotatable bonds is 9. The van der Waals surface area contributed by atoms with Crippen LogP contribution < -0.4 is 10.1 Å². The van der Waals surface area contributed by atoms with Gasteiger partial charge in [-0.1, -0.05) is 36.0 Å². The van der Waals surface area contributed by atoms with Crippen molar-refractivity contribution in [1.82, 2.24) is 14.8 Å². The van der Waals surface area contributed by atoms with Crippen molar-refractivity contribution in [1.29, 1.82) is 0 Å². The number of aromatic nitrogens is 3. The predicted molar refractivity (Wildman–Crippen MR) is 119 cm³/mol. The molecule has 3 rings (SSSR count). The average molecular weight is 429 g/mol. The fourth-order valence-electron chi connectivity index (χ4n) is 2.79. The number of para-hydroxylation sites is 1. The van der Waals surface area contributed by atoms with Crippen LogP contribution in [-0.2, 0) is 11.3 Å². The molecule has 1 heterocycles. The Morgan fingerprint density at radius 1 is 1.17 bits per heavy atom. The monoisotopic (exact) mass is 428 g/mol. The lowest BCUT2D eigenvalue weighted by Crippen LogP contribution is -2.15. The van der Waals surface area contributed by atoms with E-state index in [0.29, 0.717) is 11.7 Å². The number of anilines is 1. The van der Waals surface area contributed by atoms with Crippen molar-refractivity contribution in [3.63, 3.8) is 0 Å². The minimum atomic E-state index is -0.248. The summed E-state index contributed by atoms with van der Waals surface area (Å²) in [5.41, 5.74) is 0.796. The number of nitrogens with one attached hydrogen (secondary N) is 1. The molecule has 0 fully saturated rings. The maximum Gasteiger partial charge on any atom is 0.234 e. The summed E-state index contributed by atoms with van der Waals surface area (Å²) in [6.45, 7) is 4.67. The number of ether oxygens (including phenoxy) is 1. The van der Waals surface area contributed by atoms with Crippen LogP contribution in [0.25, 0.3) is 0 Å². The van der Waals surface area contributed by atoms with Gasteiger partial charge >= 0.3 is 0 Å². The van der Waals surface area contributed by atoms with E-state index in [0.717, 1.165) is 22.2 Å². The number of nitrogens with zero attached hydrogens (tertiary/aromatic N) is 3. The Kier molecular flexibility index (Phi) is 7.60. The lowest BCUT2D eigenvalue weighted by Gasteiger charge is -2.15. The number of amides is 1. The third-order valence-electron chi connectivity index (χ3n) is 4.17. The first-order chi connectivity index (χ1) is 14.1. The molecule has 8 heteroatoms. The maximum absolute atomic E-state index is 12.3. The van der Waals surface area contributed by atoms with Gasteiger partial charge in [-0.25, -0.2) is 0 Å². The topological polar surface area (TPSA) is 69.0 Å². The molecule has 0 unspecified atom stereocenters. The molecule has 1 N–H and O–H groups in total. The average Bonchev–Trinajstić information content (AvgIpc) is 3.16. The molecular formula is C21H24N4O2S2. The highest BCUT2D eigenvalue weighted by Gasteiger charge is 2.19. The first kappa shape index (κ1) is 21.3. The van der Waals surface area contributed by atoms with E-state index in [4.69, 9.17) is 4.74 Å². The van der Waals surface area contributed by atoms with Gasteiger partial charge in [0.25, 0.3) is 0 Å². The van der Waals surface area contributed by atoms with E-state index in [1.165, 1.54) is 11.8 Å². The van der Waals surface area contributed by atoms with Crippen LogP contribution in [0.1, 0.15) is 25.8 Å². The number of hydrogen-bond donors (Lipinski definition) is 1. The van der Waals surface area contributed by atoms with E-state index >= 15 is 0 Å². The highest BCUT2D eigenvalue weighted by Crippen LogP contribution is 2.25. The van der Waals surface area contributed by atoms with Crippen LogP contribution in [-0.4, -0.2) is 32.7 Å². The van der Waals surface area contributed by atoms with Crippen LogP contribution >= 0.6 is 23.5 Å². The lowest BCUT2D eigenvalue weighted by atomic mass is 10.3. The van der Waals surface area contributed by atoms with Crippen LogP contribution in [0.15, 0.2) is 64.6 Å². The number of thioether (sulfide) groups is 2. The number of carbonyl (C=O) groups is 1. The third kappa shape index (κ3) is 5.77. The van der Waals surface area contributed by atoms with Crippen molar-refractivity contribution in [2.75, 3.05) is 17.3 Å². The molecule has 152 valence electrons. The molecule has 1 amide bonds. The second-order valence-electron chi connectivity index (χ2n) is 6.23. The predicted octanol–water partition coefficient (Wildman–Crippen LogP) is 4.89. The molecule has 0 saturated carbocycles. The molecule has 0 aliphatic rings. The van der Waals surface area contributed by atoms with E-state index in [-0.39, 0.29) is 17.8 Å². The number of carbonyl (C=O) groups excluding carboxylic acids is 1. The van der Waals surface area contributed by atoms with Crippen molar-refractivity contribution < 1.29 is 9.53 Å². The molecule has 2 aromatic carbocycles. The summed E-state index contributed by atoms with van der Waals surface area (Å²) in [7, 11) is 0. The van der Waals surface area contributed by atoms with Gasteiger partial charge in [-0.2, -0.15) is 0 Å². The van der Waals surface area contributed by atoms with Gasteiger partial charge < -0.3 is 14.6 Å². The van der Waals surface area contributed by atoms with Crippen molar-refractivity contribution in [2.45, 2.75) is 36.5 Å². The fourth-order valence-corrected chi connectivity index (χ4v) is 4.06. The number of benzene rings is 2. The van der Waals surface area contributed by atoms with Gasteiger partial charge in [0.05, 0.1) is 5.75 Å². The molecule has 3 aromatic rings. The molecule has 0 spiro atoms. The van der Waals surface area contributed by atoms with E-state index < -0.39 is 0 Å². The Bertz CT molecular complexity index is 947. The van der Waals surface area contributed by atoms with E-state index in [1.807, 2.05) is 79.3 Å². The summed E-state index contributed by atoms with van der Waals surface area (Å²) < 4.78 is 7.95. The van der Waals surface area contributed by atoms with Crippen LogP contribution in [0.3, 0.4) is 0 Å². The first-order valence-electron chi connectivity index (χ1n) is 9.32. The fraction of sp³-hybridized carbons (Fsp3) is 0.286. The molecule has 1 atom stereocenters. The van der Waals surface area contributed by atoms with E-state index in [9.17, 15) is 4.79 Å². The number of hydrogen-bond acceptors (Lipinski definition) is 6. The summed E-state index contributed by atoms with van der Waals surface area (Å²) in [4.78, 5) is 13.5. The van der Waals surface area contributed by atoms with Gasteiger partial charge in [-0.05, 0) is 50.4 Å². The highest BCUT2D eigenvalue weighted by molar-refractivity contribution is 7.99. The Morgan fingerprint density at radius 2 is 1.97 bits per heavy atom. The van der Waals surface area contributed by atoms with Crippen molar-refractivity contribution >= 4 is 35.1 Å². The van der Waals surface area contributed by atoms with Crippen molar-refractivity contribution in [2.24, 2.45) is 0 Å². The molecule has 6 nitrogen and oxygen atoms in total. The molecule has 0 aliphatic carbocycles. The van der Waals surface area contributed by atoms with Gasteiger partial charge in [0, 0.05) is 17.1 Å². The summed E-state index contributed by atoms with van der Waals surface area (Å²) in [5, 5.41) is 12.2. The zero-order valence-corrected chi connectivity index (χ0v) is 18.3. The van der Waals surface area contributed by atoms with Gasteiger partial charge in [-0.15, -0.1) is 22.0 Å². The molecular weight excluding hydrogens is 404 g/mol. The Balaban J connectivity index is 1.61. The van der Waals surface area contributed by atoms with Crippen LogP contribution in [0.2, 0.25) is 0 Å². The van der Waals surface area contributed by atoms with Crippen molar-refractivity contribution in [3.05, 3.63) is 60.4 Å². The van der Waals surface area contributed by atoms with Crippen molar-refractivity contribution in [3.8, 4) is 5.75 Å². The Hall–Kier alpha value is -2.45. The molecule has 0 radical (unpaired) electrons. The summed E-state index contributed by atoms with van der Waals surface area (Å²) >= 11 is 3.01. The SMILES string of the molecule is CCn1c(SCC(=O)Nc2cccc(SC)c2)nnc1[C@@H](C)Oc1ccccc1. The zero-order valence-electron chi connectivity index (χ0n) is 16.7. The van der Waals surface area contributed by atoms with Gasteiger partial charge in [-0.3, -0.25) is 4.79 Å². The second kappa shape index (κ2) is 10.4. The Morgan fingerprint density at radius 3 is 2.69 bits per heavy atom. The minimum absolute atomic E-state index is 0.0750. The summed E-state index contributed by atoms with van der Waals surface area (Å²) in [6, 6.07) is 17.4. The standard InChI is InChI=1S/C21H24N4O2S2/c1-4-25-20(15(2)27-17-10-6-5-7-11-17)23-24-21(25)29-14-19(26)22-16-9-8-12-18(13-16)28-3/h5-13,15H,4,14H2,1-3H3,(H,22,26)/t15-/m1/s1. The second-order valence-corrected chi connectivity index (χ2v) is 8.05. The maximum atomic E-state index is 12.3. The molecule has 1 aromatic heterocycles. The highest BCUT2D eigenvalue weighted by atomic mass is 32.2. The minimum Gasteiger partial charge on any atom is -0.483 e. The first-order valence-corrected chi connectivity index (χ1v) is 11.5. The smallest absolute Gasteiger partial charge is 0.234 e.